The molecule has 1 fully saturated rings. The second-order valence-electron chi connectivity index (χ2n) is 5.77. The number of halogens is 1. The van der Waals surface area contributed by atoms with Gasteiger partial charge in [-0.3, -0.25) is 9.59 Å². The van der Waals surface area contributed by atoms with Gasteiger partial charge in [0.25, 0.3) is 5.91 Å². The molecule has 23 heavy (non-hydrogen) atoms. The van der Waals surface area contributed by atoms with Crippen LogP contribution in [0.2, 0.25) is 5.02 Å². The van der Waals surface area contributed by atoms with Gasteiger partial charge in [0.15, 0.2) is 0 Å². The molecule has 1 amide bonds. The number of hydrogen-bond acceptors (Lipinski definition) is 4. The van der Waals surface area contributed by atoms with Crippen molar-refractivity contribution in [2.45, 2.75) is 39.0 Å². The number of ether oxygens (including phenoxy) is 1. The Kier molecular flexibility index (Phi) is 5.82. The first kappa shape index (κ1) is 17.5. The Labute approximate surface area is 140 Å². The van der Waals surface area contributed by atoms with Crippen molar-refractivity contribution in [3.63, 3.8) is 0 Å². The highest BCUT2D eigenvalue weighted by Crippen LogP contribution is 2.36. The number of rotatable bonds is 6. The van der Waals surface area contributed by atoms with E-state index in [2.05, 4.69) is 10.3 Å². The maximum Gasteiger partial charge on any atom is 0.311 e. The summed E-state index contributed by atoms with van der Waals surface area (Å²) in [4.78, 5) is 27.8. The molecule has 0 spiro atoms. The molecule has 0 unspecified atom stereocenters. The average molecular weight is 341 g/mol. The molecule has 2 rings (SSSR count). The SMILES string of the molecule is CCOc1ncc(C(=O)NCC2(C(=O)O)CCCCC2)cc1Cl. The van der Waals surface area contributed by atoms with Gasteiger partial charge in [0.1, 0.15) is 5.02 Å². The Morgan fingerprint density at radius 1 is 1.39 bits per heavy atom. The van der Waals surface area contributed by atoms with Crippen LogP contribution in [0.3, 0.4) is 0 Å². The number of carbonyl (C=O) groups is 2. The van der Waals surface area contributed by atoms with Gasteiger partial charge in [-0.25, -0.2) is 4.98 Å². The summed E-state index contributed by atoms with van der Waals surface area (Å²) in [6.45, 7) is 2.36. The Morgan fingerprint density at radius 3 is 2.65 bits per heavy atom. The third-order valence-corrected chi connectivity index (χ3v) is 4.47. The van der Waals surface area contributed by atoms with Gasteiger partial charge in [0.2, 0.25) is 5.88 Å². The fourth-order valence-corrected chi connectivity index (χ4v) is 3.06. The monoisotopic (exact) mass is 340 g/mol. The average Bonchev–Trinajstić information content (AvgIpc) is 2.55. The number of nitrogens with zero attached hydrogens (tertiary/aromatic N) is 1. The van der Waals surface area contributed by atoms with Crippen LogP contribution in [0.4, 0.5) is 0 Å². The lowest BCUT2D eigenvalue weighted by molar-refractivity contribution is -0.150. The largest absolute Gasteiger partial charge is 0.481 e. The minimum absolute atomic E-state index is 0.117. The fourth-order valence-electron chi connectivity index (χ4n) is 2.84. The van der Waals surface area contributed by atoms with Gasteiger partial charge in [-0.2, -0.15) is 0 Å². The van der Waals surface area contributed by atoms with Gasteiger partial charge in [-0.05, 0) is 25.8 Å². The second kappa shape index (κ2) is 7.64. The molecular formula is C16H21ClN2O4. The predicted molar refractivity (Wildman–Crippen MR) is 85.9 cm³/mol. The summed E-state index contributed by atoms with van der Waals surface area (Å²) in [6, 6.07) is 1.48. The van der Waals surface area contributed by atoms with Crippen LogP contribution in [0.25, 0.3) is 0 Å². The van der Waals surface area contributed by atoms with Crippen molar-refractivity contribution in [1.82, 2.24) is 10.3 Å². The van der Waals surface area contributed by atoms with E-state index in [4.69, 9.17) is 16.3 Å². The molecule has 1 aromatic heterocycles. The number of carboxylic acids is 1. The summed E-state index contributed by atoms with van der Waals surface area (Å²) in [5.41, 5.74) is -0.578. The molecule has 1 aromatic rings. The van der Waals surface area contributed by atoms with Crippen LogP contribution in [0.1, 0.15) is 49.4 Å². The normalized spacial score (nSPS) is 16.6. The van der Waals surface area contributed by atoms with E-state index in [9.17, 15) is 14.7 Å². The van der Waals surface area contributed by atoms with E-state index in [0.29, 0.717) is 19.4 Å². The topological polar surface area (TPSA) is 88.5 Å². The van der Waals surface area contributed by atoms with Gasteiger partial charge in [-0.15, -0.1) is 0 Å². The Hall–Kier alpha value is -1.82. The highest BCUT2D eigenvalue weighted by atomic mass is 35.5. The minimum atomic E-state index is -0.865. The number of aromatic nitrogens is 1. The van der Waals surface area contributed by atoms with E-state index in [-0.39, 0.29) is 28.9 Å². The maximum absolute atomic E-state index is 12.2. The molecule has 0 bridgehead atoms. The zero-order chi connectivity index (χ0) is 16.9. The van der Waals surface area contributed by atoms with E-state index < -0.39 is 11.4 Å². The maximum atomic E-state index is 12.2. The Morgan fingerprint density at radius 2 is 2.09 bits per heavy atom. The molecule has 6 nitrogen and oxygen atoms in total. The van der Waals surface area contributed by atoms with Crippen molar-refractivity contribution in [2.75, 3.05) is 13.2 Å². The van der Waals surface area contributed by atoms with Crippen molar-refractivity contribution in [3.05, 3.63) is 22.8 Å². The van der Waals surface area contributed by atoms with Crippen molar-refractivity contribution in [2.24, 2.45) is 5.41 Å². The molecule has 1 aliphatic rings. The molecule has 0 saturated heterocycles. The van der Waals surface area contributed by atoms with Crippen molar-refractivity contribution >= 4 is 23.5 Å². The van der Waals surface area contributed by atoms with E-state index >= 15 is 0 Å². The summed E-state index contributed by atoms with van der Waals surface area (Å²) in [5.74, 6) is -0.950. The van der Waals surface area contributed by atoms with Crippen LogP contribution in [0.5, 0.6) is 5.88 Å². The summed E-state index contributed by atoms with van der Waals surface area (Å²) < 4.78 is 5.22. The van der Waals surface area contributed by atoms with E-state index in [0.717, 1.165) is 19.3 Å². The number of aliphatic carboxylic acids is 1. The zero-order valence-electron chi connectivity index (χ0n) is 13.1. The van der Waals surface area contributed by atoms with Gasteiger partial charge in [0.05, 0.1) is 17.6 Å². The molecule has 7 heteroatoms. The third kappa shape index (κ3) is 4.13. The lowest BCUT2D eigenvalue weighted by Gasteiger charge is -2.33. The van der Waals surface area contributed by atoms with Crippen LogP contribution in [0.15, 0.2) is 12.3 Å². The Balaban J connectivity index is 2.03. The molecule has 0 atom stereocenters. The standard InChI is InChI=1S/C16H21ClN2O4/c1-2-23-14-12(17)8-11(9-18-14)13(20)19-10-16(15(21)22)6-4-3-5-7-16/h8-9H,2-7,10H2,1H3,(H,19,20)(H,21,22). The van der Waals surface area contributed by atoms with Crippen LogP contribution in [-0.2, 0) is 4.79 Å². The number of carboxylic acid groups (broad SMARTS) is 1. The minimum Gasteiger partial charge on any atom is -0.481 e. The number of nitrogens with one attached hydrogen (secondary N) is 1. The van der Waals surface area contributed by atoms with Crippen molar-refractivity contribution in [1.29, 1.82) is 0 Å². The molecule has 1 heterocycles. The lowest BCUT2D eigenvalue weighted by atomic mass is 9.74. The smallest absolute Gasteiger partial charge is 0.311 e. The molecule has 0 aliphatic heterocycles. The van der Waals surface area contributed by atoms with Gasteiger partial charge >= 0.3 is 5.97 Å². The highest BCUT2D eigenvalue weighted by Gasteiger charge is 2.39. The van der Waals surface area contributed by atoms with Gasteiger partial charge < -0.3 is 15.2 Å². The van der Waals surface area contributed by atoms with Crippen LogP contribution in [-0.4, -0.2) is 35.1 Å². The van der Waals surface area contributed by atoms with Crippen molar-refractivity contribution < 1.29 is 19.4 Å². The molecule has 0 radical (unpaired) electrons. The van der Waals surface area contributed by atoms with Gasteiger partial charge in [0, 0.05) is 12.7 Å². The van der Waals surface area contributed by atoms with E-state index in [1.807, 2.05) is 6.92 Å². The number of carbonyl (C=O) groups excluding carboxylic acids is 1. The van der Waals surface area contributed by atoms with Crippen molar-refractivity contribution in [3.8, 4) is 5.88 Å². The van der Waals surface area contributed by atoms with Crippen LogP contribution < -0.4 is 10.1 Å². The first-order valence-corrected chi connectivity index (χ1v) is 8.16. The molecular weight excluding hydrogens is 320 g/mol. The molecule has 1 aliphatic carbocycles. The highest BCUT2D eigenvalue weighted by molar-refractivity contribution is 6.32. The predicted octanol–water partition coefficient (Wildman–Crippen LogP) is 2.90. The fraction of sp³-hybridized carbons (Fsp3) is 0.562. The number of amides is 1. The zero-order valence-corrected chi connectivity index (χ0v) is 13.9. The number of hydrogen-bond donors (Lipinski definition) is 2. The summed E-state index contributed by atoms with van der Waals surface area (Å²) >= 11 is 6.02. The molecule has 2 N–H and O–H groups in total. The summed E-state index contributed by atoms with van der Waals surface area (Å²) in [7, 11) is 0. The first-order valence-electron chi connectivity index (χ1n) is 7.78. The third-order valence-electron chi connectivity index (χ3n) is 4.20. The lowest BCUT2D eigenvalue weighted by Crippen LogP contribution is -2.44. The summed E-state index contributed by atoms with van der Waals surface area (Å²) in [6.07, 6.45) is 5.34. The molecule has 1 saturated carbocycles. The van der Waals surface area contributed by atoms with Gasteiger partial charge in [-0.1, -0.05) is 30.9 Å². The first-order chi connectivity index (χ1) is 11.0. The van der Waals surface area contributed by atoms with E-state index in [1.165, 1.54) is 12.3 Å². The Bertz CT molecular complexity index is 585. The second-order valence-corrected chi connectivity index (χ2v) is 6.18. The van der Waals surface area contributed by atoms with E-state index in [1.54, 1.807) is 0 Å². The molecule has 126 valence electrons. The van der Waals surface area contributed by atoms with Crippen LogP contribution in [0, 0.1) is 5.41 Å². The quantitative estimate of drug-likeness (QED) is 0.831. The molecule has 0 aromatic carbocycles. The van der Waals surface area contributed by atoms with Crippen LogP contribution >= 0.6 is 11.6 Å². The number of pyridine rings is 1. The summed E-state index contributed by atoms with van der Waals surface area (Å²) in [5, 5.41) is 12.5.